The van der Waals surface area contributed by atoms with Crippen molar-refractivity contribution in [2.45, 2.75) is 64.5 Å². The number of amides is 2. The van der Waals surface area contributed by atoms with Crippen molar-refractivity contribution in [1.29, 1.82) is 0 Å². The third-order valence-corrected chi connectivity index (χ3v) is 7.18. The molecule has 0 aromatic heterocycles. The van der Waals surface area contributed by atoms with Crippen LogP contribution in [0.15, 0.2) is 72.8 Å². The van der Waals surface area contributed by atoms with E-state index in [1.807, 2.05) is 86.7 Å². The van der Waals surface area contributed by atoms with Crippen molar-refractivity contribution in [3.05, 3.63) is 83.9 Å². The lowest BCUT2D eigenvalue weighted by atomic mass is 9.94. The number of cyclic esters (lactones) is 1. The Morgan fingerprint density at radius 2 is 1.67 bits per heavy atom. The molecule has 0 spiro atoms. The number of nitrogens with one attached hydrogen (secondary N) is 2. The summed E-state index contributed by atoms with van der Waals surface area (Å²) in [7, 11) is 0. The van der Waals surface area contributed by atoms with Crippen LogP contribution < -0.4 is 10.6 Å². The van der Waals surface area contributed by atoms with Gasteiger partial charge in [-0.15, -0.1) is 0 Å². The molecule has 7 heteroatoms. The number of hydrogen-bond donors (Lipinski definition) is 3. The van der Waals surface area contributed by atoms with Crippen molar-refractivity contribution < 1.29 is 24.2 Å². The summed E-state index contributed by atoms with van der Waals surface area (Å²) in [5.41, 5.74) is 2.10. The van der Waals surface area contributed by atoms with Crippen LogP contribution in [0, 0.1) is 17.8 Å². The van der Waals surface area contributed by atoms with Gasteiger partial charge in [0.1, 0.15) is 6.61 Å². The predicted molar refractivity (Wildman–Crippen MR) is 152 cm³/mol. The summed E-state index contributed by atoms with van der Waals surface area (Å²) in [5, 5.41) is 15.7. The summed E-state index contributed by atoms with van der Waals surface area (Å²) in [4.78, 5) is 39.2. The van der Waals surface area contributed by atoms with Crippen molar-refractivity contribution in [2.24, 2.45) is 17.8 Å². The Labute approximate surface area is 232 Å². The average Bonchev–Trinajstić information content (AvgIpc) is 2.94. The molecule has 3 rings (SSSR count). The van der Waals surface area contributed by atoms with Gasteiger partial charge in [-0.1, -0.05) is 86.7 Å². The number of carbonyl (C=O) groups excluding carboxylic acids is 3. The SMILES string of the molecule is CC(C)[C@H]1COC(=O)[C@@H](Cc2ccccc2)CCC=CC[C@H](CC(=O)N[C@@H](CO)Cc2ccccc2)C(=O)N1. The van der Waals surface area contributed by atoms with Gasteiger partial charge >= 0.3 is 5.97 Å². The highest BCUT2D eigenvalue weighted by Crippen LogP contribution is 2.20. The van der Waals surface area contributed by atoms with Gasteiger partial charge in [0, 0.05) is 6.42 Å². The predicted octanol–water partition coefficient (Wildman–Crippen LogP) is 4.00. The van der Waals surface area contributed by atoms with Crippen LogP contribution in [-0.2, 0) is 32.0 Å². The van der Waals surface area contributed by atoms with Gasteiger partial charge in [-0.3, -0.25) is 14.4 Å². The quantitative estimate of drug-likeness (QED) is 0.333. The van der Waals surface area contributed by atoms with Gasteiger partial charge in [0.15, 0.2) is 0 Å². The number of ether oxygens (including phenoxy) is 1. The van der Waals surface area contributed by atoms with Crippen molar-refractivity contribution in [3.8, 4) is 0 Å². The van der Waals surface area contributed by atoms with Gasteiger partial charge in [-0.2, -0.15) is 0 Å². The first-order chi connectivity index (χ1) is 18.9. The Kier molecular flexibility index (Phi) is 12.2. The standard InChI is InChI=1S/C32H42N2O5/c1-23(2)29-22-39-32(38)27(18-24-12-6-3-7-13-24)17-11-5-10-16-26(31(37)34-29)20-30(36)33-28(21-35)19-25-14-8-4-9-15-25/h3-10,12-15,23,26-29,35H,11,16-22H2,1-2H3,(H,33,36)(H,34,37)/t26-,27-,28-,29-/m1/s1. The van der Waals surface area contributed by atoms with Crippen molar-refractivity contribution in [1.82, 2.24) is 10.6 Å². The smallest absolute Gasteiger partial charge is 0.309 e. The molecule has 4 atom stereocenters. The van der Waals surface area contributed by atoms with E-state index >= 15 is 0 Å². The second-order valence-electron chi connectivity index (χ2n) is 10.7. The molecule has 1 heterocycles. The third kappa shape index (κ3) is 10.3. The summed E-state index contributed by atoms with van der Waals surface area (Å²) in [6.45, 7) is 3.83. The second kappa shape index (κ2) is 15.8. The first kappa shape index (κ1) is 30.1. The fourth-order valence-electron chi connectivity index (χ4n) is 4.72. The minimum atomic E-state index is -0.574. The second-order valence-corrected chi connectivity index (χ2v) is 10.7. The monoisotopic (exact) mass is 534 g/mol. The van der Waals surface area contributed by atoms with Gasteiger partial charge in [0.2, 0.25) is 11.8 Å². The average molecular weight is 535 g/mol. The van der Waals surface area contributed by atoms with Gasteiger partial charge in [-0.05, 0) is 49.1 Å². The first-order valence-electron chi connectivity index (χ1n) is 14.0. The third-order valence-electron chi connectivity index (χ3n) is 7.18. The van der Waals surface area contributed by atoms with E-state index in [-0.39, 0.29) is 55.3 Å². The molecule has 0 bridgehead atoms. The van der Waals surface area contributed by atoms with Gasteiger partial charge < -0.3 is 20.5 Å². The van der Waals surface area contributed by atoms with Gasteiger partial charge in [-0.25, -0.2) is 0 Å². The highest BCUT2D eigenvalue weighted by Gasteiger charge is 2.28. The van der Waals surface area contributed by atoms with E-state index in [0.29, 0.717) is 32.1 Å². The molecule has 7 nitrogen and oxygen atoms in total. The highest BCUT2D eigenvalue weighted by molar-refractivity contribution is 5.86. The number of allylic oxidation sites excluding steroid dienone is 2. The number of esters is 1. The van der Waals surface area contributed by atoms with E-state index < -0.39 is 12.0 Å². The molecule has 0 fully saturated rings. The molecule has 0 radical (unpaired) electrons. The van der Waals surface area contributed by atoms with Crippen LogP contribution in [0.4, 0.5) is 0 Å². The zero-order chi connectivity index (χ0) is 28.0. The topological polar surface area (TPSA) is 105 Å². The molecule has 3 N–H and O–H groups in total. The van der Waals surface area contributed by atoms with E-state index in [1.54, 1.807) is 0 Å². The number of benzene rings is 2. The van der Waals surface area contributed by atoms with Crippen LogP contribution in [0.25, 0.3) is 0 Å². The maximum Gasteiger partial charge on any atom is 0.309 e. The number of rotatable bonds is 9. The van der Waals surface area contributed by atoms with Gasteiger partial charge in [0.25, 0.3) is 0 Å². The Bertz CT molecular complexity index is 1070. The van der Waals surface area contributed by atoms with Crippen LogP contribution in [-0.4, -0.2) is 48.2 Å². The Morgan fingerprint density at radius 1 is 1.00 bits per heavy atom. The van der Waals surface area contributed by atoms with Crippen molar-refractivity contribution in [2.75, 3.05) is 13.2 Å². The van der Waals surface area contributed by atoms with E-state index in [4.69, 9.17) is 4.74 Å². The molecule has 210 valence electrons. The fourth-order valence-corrected chi connectivity index (χ4v) is 4.72. The lowest BCUT2D eigenvalue weighted by Crippen LogP contribution is -2.46. The molecule has 1 aliphatic rings. The molecule has 2 aromatic carbocycles. The first-order valence-corrected chi connectivity index (χ1v) is 14.0. The van der Waals surface area contributed by atoms with E-state index in [9.17, 15) is 19.5 Å². The van der Waals surface area contributed by atoms with E-state index in [1.165, 1.54) is 0 Å². The lowest BCUT2D eigenvalue weighted by Gasteiger charge is -2.26. The Morgan fingerprint density at radius 3 is 2.31 bits per heavy atom. The summed E-state index contributed by atoms with van der Waals surface area (Å²) in [6.07, 6.45) is 6.73. The molecule has 2 amide bonds. The summed E-state index contributed by atoms with van der Waals surface area (Å²) in [6, 6.07) is 18.8. The molecular formula is C32H42N2O5. The minimum absolute atomic E-state index is 0.00268. The number of carbonyl (C=O) groups is 3. The van der Waals surface area contributed by atoms with Crippen LogP contribution in [0.1, 0.15) is 50.7 Å². The molecular weight excluding hydrogens is 492 g/mol. The molecule has 2 aromatic rings. The molecule has 0 unspecified atom stereocenters. The Balaban J connectivity index is 1.67. The molecule has 0 saturated carbocycles. The Hall–Kier alpha value is -3.45. The fraction of sp³-hybridized carbons (Fsp3) is 0.469. The summed E-state index contributed by atoms with van der Waals surface area (Å²) in [5.74, 6) is -1.59. The molecule has 0 saturated heterocycles. The minimum Gasteiger partial charge on any atom is -0.463 e. The van der Waals surface area contributed by atoms with Crippen LogP contribution in [0.2, 0.25) is 0 Å². The largest absolute Gasteiger partial charge is 0.463 e. The van der Waals surface area contributed by atoms with Gasteiger partial charge in [0.05, 0.1) is 30.5 Å². The molecule has 1 aliphatic heterocycles. The summed E-state index contributed by atoms with van der Waals surface area (Å²) < 4.78 is 5.72. The highest BCUT2D eigenvalue weighted by atomic mass is 16.5. The summed E-state index contributed by atoms with van der Waals surface area (Å²) >= 11 is 0. The van der Waals surface area contributed by atoms with E-state index in [0.717, 1.165) is 11.1 Å². The molecule has 0 aliphatic carbocycles. The zero-order valence-corrected chi connectivity index (χ0v) is 23.1. The van der Waals surface area contributed by atoms with Crippen molar-refractivity contribution in [3.63, 3.8) is 0 Å². The van der Waals surface area contributed by atoms with E-state index in [2.05, 4.69) is 10.6 Å². The zero-order valence-electron chi connectivity index (χ0n) is 23.1. The van der Waals surface area contributed by atoms with Crippen molar-refractivity contribution >= 4 is 17.8 Å². The van der Waals surface area contributed by atoms with Crippen LogP contribution in [0.5, 0.6) is 0 Å². The maximum atomic E-state index is 13.3. The normalized spacial score (nSPS) is 21.6. The number of aliphatic hydroxyl groups excluding tert-OH is 1. The molecule has 39 heavy (non-hydrogen) atoms. The van der Waals surface area contributed by atoms with Crippen LogP contribution in [0.3, 0.4) is 0 Å². The van der Waals surface area contributed by atoms with Crippen LogP contribution >= 0.6 is 0 Å². The number of aliphatic hydroxyl groups is 1. The number of hydrogen-bond acceptors (Lipinski definition) is 5. The maximum absolute atomic E-state index is 13.3. The lowest BCUT2D eigenvalue weighted by molar-refractivity contribution is -0.150.